The number of para-hydroxylation sites is 1. The molecule has 8 heteroatoms. The molecule has 0 saturated carbocycles. The predicted octanol–water partition coefficient (Wildman–Crippen LogP) is 3.17. The zero-order chi connectivity index (χ0) is 22.0. The molecule has 3 N–H and O–H groups in total. The number of aromatic nitrogens is 2. The highest BCUT2D eigenvalue weighted by atomic mass is 16.2. The molecule has 2 aromatic rings. The lowest BCUT2D eigenvalue weighted by Crippen LogP contribution is -2.43. The minimum absolute atomic E-state index is 0.0848. The fourth-order valence-corrected chi connectivity index (χ4v) is 4.59. The molecular formula is C23H29N5O3. The molecule has 2 aliphatic heterocycles. The number of hydrogen-bond acceptors (Lipinski definition) is 5. The maximum atomic E-state index is 13.1. The third kappa shape index (κ3) is 4.19. The number of aromatic amines is 1. The Morgan fingerprint density at radius 1 is 1.23 bits per heavy atom. The largest absolute Gasteiger partial charge is 0.339 e. The maximum absolute atomic E-state index is 13.1. The molecule has 2 atom stereocenters. The van der Waals surface area contributed by atoms with E-state index < -0.39 is 5.92 Å². The zero-order valence-corrected chi connectivity index (χ0v) is 18.0. The van der Waals surface area contributed by atoms with Crippen molar-refractivity contribution in [2.75, 3.05) is 22.1 Å². The molecule has 0 bridgehead atoms. The number of H-pyrrole nitrogens is 1. The summed E-state index contributed by atoms with van der Waals surface area (Å²) in [5.41, 5.74) is 1.54. The van der Waals surface area contributed by atoms with E-state index in [0.29, 0.717) is 17.7 Å². The van der Waals surface area contributed by atoms with Crippen molar-refractivity contribution in [3.05, 3.63) is 45.7 Å². The van der Waals surface area contributed by atoms with Crippen molar-refractivity contribution in [3.63, 3.8) is 0 Å². The van der Waals surface area contributed by atoms with Gasteiger partial charge in [0.15, 0.2) is 0 Å². The second-order valence-electron chi connectivity index (χ2n) is 8.21. The summed E-state index contributed by atoms with van der Waals surface area (Å²) in [6.45, 7) is 4.94. The van der Waals surface area contributed by atoms with Crippen molar-refractivity contribution in [2.24, 2.45) is 0 Å². The van der Waals surface area contributed by atoms with E-state index in [1.165, 1.54) is 0 Å². The number of carbonyl (C=O) groups excluding carboxylic acids is 2. The van der Waals surface area contributed by atoms with E-state index in [9.17, 15) is 14.4 Å². The van der Waals surface area contributed by atoms with E-state index in [0.717, 1.165) is 44.2 Å². The standard InChI is InChI=1S/C23H29N5O3/c1-3-14-9-5-6-11-17(14)24-21(30)16-13-18(29)25-20-19(16)22(31)27-23(26-20)28-12-8-7-10-15(28)4-2/h5-6,9,11,15-16H,3-4,7-8,10,12-13H2,1-2H3,(H,24,30)(H2,25,26,27,29,31)/t15-,16-/m1/s1. The summed E-state index contributed by atoms with van der Waals surface area (Å²) in [4.78, 5) is 48.1. The van der Waals surface area contributed by atoms with E-state index in [1.54, 1.807) is 0 Å². The number of nitrogens with one attached hydrogen (secondary N) is 3. The molecule has 2 aliphatic rings. The minimum atomic E-state index is -0.887. The summed E-state index contributed by atoms with van der Waals surface area (Å²) in [6, 6.07) is 7.84. The Hall–Kier alpha value is -3.16. The van der Waals surface area contributed by atoms with Gasteiger partial charge in [-0.3, -0.25) is 19.4 Å². The van der Waals surface area contributed by atoms with Crippen LogP contribution in [0.1, 0.15) is 63.0 Å². The third-order valence-corrected chi connectivity index (χ3v) is 6.28. The van der Waals surface area contributed by atoms with E-state index in [1.807, 2.05) is 31.2 Å². The first-order chi connectivity index (χ1) is 15.0. The average Bonchev–Trinajstić information content (AvgIpc) is 2.78. The molecule has 1 saturated heterocycles. The summed E-state index contributed by atoms with van der Waals surface area (Å²) in [7, 11) is 0. The van der Waals surface area contributed by atoms with Gasteiger partial charge in [-0.05, 0) is 43.7 Å². The maximum Gasteiger partial charge on any atom is 0.258 e. The van der Waals surface area contributed by atoms with Gasteiger partial charge < -0.3 is 15.5 Å². The van der Waals surface area contributed by atoms with Crippen LogP contribution in [0.25, 0.3) is 0 Å². The fourth-order valence-electron chi connectivity index (χ4n) is 4.59. The minimum Gasteiger partial charge on any atom is -0.339 e. The normalized spacial score (nSPS) is 20.7. The number of piperidine rings is 1. The molecule has 1 aromatic carbocycles. The van der Waals surface area contributed by atoms with Gasteiger partial charge in [-0.2, -0.15) is 4.98 Å². The van der Waals surface area contributed by atoms with Gasteiger partial charge in [0.25, 0.3) is 5.56 Å². The Morgan fingerprint density at radius 3 is 2.81 bits per heavy atom. The Morgan fingerprint density at radius 2 is 2.03 bits per heavy atom. The molecule has 0 spiro atoms. The van der Waals surface area contributed by atoms with Crippen LogP contribution in [0.3, 0.4) is 0 Å². The van der Waals surface area contributed by atoms with Crippen molar-refractivity contribution in [3.8, 4) is 0 Å². The second kappa shape index (κ2) is 8.91. The van der Waals surface area contributed by atoms with Gasteiger partial charge in [-0.25, -0.2) is 0 Å². The number of nitrogens with zero attached hydrogens (tertiary/aromatic N) is 2. The number of amides is 2. The first kappa shape index (κ1) is 21.1. The van der Waals surface area contributed by atoms with Gasteiger partial charge in [0, 0.05) is 24.7 Å². The molecule has 8 nitrogen and oxygen atoms in total. The fraction of sp³-hybridized carbons (Fsp3) is 0.478. The smallest absolute Gasteiger partial charge is 0.258 e. The van der Waals surface area contributed by atoms with Gasteiger partial charge in [0.05, 0.1) is 11.5 Å². The van der Waals surface area contributed by atoms with Crippen molar-refractivity contribution < 1.29 is 9.59 Å². The van der Waals surface area contributed by atoms with Crippen LogP contribution in [-0.4, -0.2) is 34.4 Å². The molecule has 0 unspecified atom stereocenters. The molecule has 1 fully saturated rings. The third-order valence-electron chi connectivity index (χ3n) is 6.28. The number of carbonyl (C=O) groups is 2. The van der Waals surface area contributed by atoms with Gasteiger partial charge in [0.1, 0.15) is 5.82 Å². The molecule has 31 heavy (non-hydrogen) atoms. The highest BCUT2D eigenvalue weighted by molar-refractivity contribution is 6.04. The van der Waals surface area contributed by atoms with Crippen LogP contribution in [0.4, 0.5) is 17.5 Å². The molecule has 4 rings (SSSR count). The van der Waals surface area contributed by atoms with Crippen LogP contribution < -0.4 is 21.1 Å². The number of benzene rings is 1. The van der Waals surface area contributed by atoms with Gasteiger partial charge in [-0.15, -0.1) is 0 Å². The summed E-state index contributed by atoms with van der Waals surface area (Å²) < 4.78 is 0. The topological polar surface area (TPSA) is 107 Å². The summed E-state index contributed by atoms with van der Waals surface area (Å²) in [6.07, 6.45) is 4.87. The highest BCUT2D eigenvalue weighted by Gasteiger charge is 2.36. The lowest BCUT2D eigenvalue weighted by molar-refractivity contribution is -0.123. The van der Waals surface area contributed by atoms with Crippen molar-refractivity contribution in [2.45, 2.75) is 64.3 Å². The van der Waals surface area contributed by atoms with E-state index in [2.05, 4.69) is 32.4 Å². The predicted molar refractivity (Wildman–Crippen MR) is 121 cm³/mol. The van der Waals surface area contributed by atoms with Crippen molar-refractivity contribution in [1.29, 1.82) is 0 Å². The molecule has 1 aromatic heterocycles. The number of aryl methyl sites for hydroxylation is 1. The Labute approximate surface area is 181 Å². The van der Waals surface area contributed by atoms with Crippen molar-refractivity contribution in [1.82, 2.24) is 9.97 Å². The summed E-state index contributed by atoms with van der Waals surface area (Å²) >= 11 is 0. The monoisotopic (exact) mass is 423 g/mol. The average molecular weight is 424 g/mol. The van der Waals surface area contributed by atoms with Crippen LogP contribution in [-0.2, 0) is 16.0 Å². The Bertz CT molecular complexity index is 1050. The van der Waals surface area contributed by atoms with Crippen LogP contribution in [0.2, 0.25) is 0 Å². The first-order valence-corrected chi connectivity index (χ1v) is 11.1. The highest BCUT2D eigenvalue weighted by Crippen LogP contribution is 2.32. The lowest BCUT2D eigenvalue weighted by Gasteiger charge is -2.36. The molecule has 3 heterocycles. The molecule has 0 radical (unpaired) electrons. The second-order valence-corrected chi connectivity index (χ2v) is 8.21. The summed E-state index contributed by atoms with van der Waals surface area (Å²) in [5.74, 6) is -0.915. The quantitative estimate of drug-likeness (QED) is 0.685. The van der Waals surface area contributed by atoms with Gasteiger partial charge in [0.2, 0.25) is 17.8 Å². The van der Waals surface area contributed by atoms with Gasteiger partial charge >= 0.3 is 0 Å². The van der Waals surface area contributed by atoms with Crippen LogP contribution in [0.5, 0.6) is 0 Å². The van der Waals surface area contributed by atoms with Crippen LogP contribution >= 0.6 is 0 Å². The molecular weight excluding hydrogens is 394 g/mol. The number of hydrogen-bond donors (Lipinski definition) is 3. The first-order valence-electron chi connectivity index (χ1n) is 11.1. The molecule has 164 valence electrons. The van der Waals surface area contributed by atoms with Crippen molar-refractivity contribution >= 4 is 29.3 Å². The van der Waals surface area contributed by atoms with E-state index >= 15 is 0 Å². The Balaban J connectivity index is 1.67. The zero-order valence-electron chi connectivity index (χ0n) is 18.0. The lowest BCUT2D eigenvalue weighted by atomic mass is 9.92. The molecule has 0 aliphatic carbocycles. The number of fused-ring (bicyclic) bond motifs is 1. The van der Waals surface area contributed by atoms with E-state index in [4.69, 9.17) is 0 Å². The number of rotatable bonds is 5. The molecule has 2 amide bonds. The van der Waals surface area contributed by atoms with Gasteiger partial charge in [-0.1, -0.05) is 32.0 Å². The Kier molecular flexibility index (Phi) is 6.06. The van der Waals surface area contributed by atoms with Crippen LogP contribution in [0, 0.1) is 0 Å². The SMILES string of the molecule is CCc1ccccc1NC(=O)[C@@H]1CC(=O)Nc2nc(N3CCCC[C@H]3CC)[nH]c(=O)c21. The van der Waals surface area contributed by atoms with Crippen LogP contribution in [0.15, 0.2) is 29.1 Å². The summed E-state index contributed by atoms with van der Waals surface area (Å²) in [5, 5.41) is 5.61. The van der Waals surface area contributed by atoms with E-state index in [-0.39, 0.29) is 35.2 Å². The number of anilines is 3.